The second kappa shape index (κ2) is 9.91. The molecule has 1 aliphatic rings. The van der Waals surface area contributed by atoms with Crippen molar-refractivity contribution in [3.63, 3.8) is 0 Å². The molecule has 0 aromatic heterocycles. The van der Waals surface area contributed by atoms with Gasteiger partial charge in [0.05, 0.1) is 19.8 Å². The fraction of sp³-hybridized carbons (Fsp3) is 0.917. The number of nitrogens with one attached hydrogen (secondary N) is 2. The van der Waals surface area contributed by atoms with Crippen molar-refractivity contribution in [2.45, 2.75) is 19.3 Å². The van der Waals surface area contributed by atoms with Crippen LogP contribution in [-0.4, -0.2) is 58.9 Å². The first kappa shape index (κ1) is 16.1. The fourth-order valence-corrected chi connectivity index (χ4v) is 1.74. The van der Waals surface area contributed by atoms with Crippen LogP contribution in [0.2, 0.25) is 0 Å². The molecular weight excluding hydrogens is 256 g/mol. The van der Waals surface area contributed by atoms with Crippen molar-refractivity contribution in [2.75, 3.05) is 46.6 Å². The summed E-state index contributed by atoms with van der Waals surface area (Å²) in [5.41, 5.74) is 0. The molecule has 112 valence electrons. The third-order valence-corrected chi connectivity index (χ3v) is 2.78. The number of guanidine groups is 1. The van der Waals surface area contributed by atoms with E-state index in [2.05, 4.69) is 15.6 Å². The molecule has 1 atom stereocenters. The minimum absolute atomic E-state index is 0.391. The standard InChI is InChI=1S/C12H23F2N3O2/c1-15-12(17-7-11(13)14)16-4-2-5-18-8-10-3-6-19-9-10/h10-11H,2-9H2,1H3,(H2,15,16,17). The molecule has 1 aliphatic heterocycles. The van der Waals surface area contributed by atoms with Crippen molar-refractivity contribution < 1.29 is 18.3 Å². The molecule has 1 heterocycles. The van der Waals surface area contributed by atoms with Crippen LogP contribution in [-0.2, 0) is 9.47 Å². The molecule has 0 amide bonds. The van der Waals surface area contributed by atoms with Crippen molar-refractivity contribution in [1.82, 2.24) is 10.6 Å². The highest BCUT2D eigenvalue weighted by atomic mass is 19.3. The van der Waals surface area contributed by atoms with E-state index in [-0.39, 0.29) is 0 Å². The van der Waals surface area contributed by atoms with Gasteiger partial charge in [-0.05, 0) is 12.8 Å². The van der Waals surface area contributed by atoms with Crippen molar-refractivity contribution in [2.24, 2.45) is 10.9 Å². The average molecular weight is 279 g/mol. The summed E-state index contributed by atoms with van der Waals surface area (Å²) in [6.45, 7) is 3.26. The number of hydrogen-bond acceptors (Lipinski definition) is 3. The van der Waals surface area contributed by atoms with Crippen molar-refractivity contribution in [3.8, 4) is 0 Å². The number of rotatable bonds is 8. The Morgan fingerprint density at radius 3 is 2.95 bits per heavy atom. The lowest BCUT2D eigenvalue weighted by molar-refractivity contribution is 0.0887. The van der Waals surface area contributed by atoms with E-state index in [4.69, 9.17) is 9.47 Å². The zero-order valence-electron chi connectivity index (χ0n) is 11.3. The van der Waals surface area contributed by atoms with E-state index in [9.17, 15) is 8.78 Å². The Hall–Kier alpha value is -0.950. The summed E-state index contributed by atoms with van der Waals surface area (Å²) in [5.74, 6) is 0.915. The number of aliphatic imine (C=N–C) groups is 1. The lowest BCUT2D eigenvalue weighted by atomic mass is 10.1. The molecule has 5 nitrogen and oxygen atoms in total. The number of halogens is 2. The molecule has 0 aromatic rings. The van der Waals surface area contributed by atoms with Crippen molar-refractivity contribution in [3.05, 3.63) is 0 Å². The van der Waals surface area contributed by atoms with Crippen LogP contribution in [0.5, 0.6) is 0 Å². The highest BCUT2D eigenvalue weighted by Gasteiger charge is 2.15. The van der Waals surface area contributed by atoms with Crippen LogP contribution in [0.15, 0.2) is 4.99 Å². The van der Waals surface area contributed by atoms with Gasteiger partial charge >= 0.3 is 0 Å². The molecule has 0 aromatic carbocycles. The zero-order valence-corrected chi connectivity index (χ0v) is 11.3. The van der Waals surface area contributed by atoms with Gasteiger partial charge in [-0.15, -0.1) is 0 Å². The predicted molar refractivity (Wildman–Crippen MR) is 69.7 cm³/mol. The summed E-state index contributed by atoms with van der Waals surface area (Å²) in [6, 6.07) is 0. The Kier molecular flexibility index (Phi) is 8.40. The topological polar surface area (TPSA) is 54.9 Å². The van der Waals surface area contributed by atoms with E-state index in [0.717, 1.165) is 32.7 Å². The second-order valence-electron chi connectivity index (χ2n) is 4.43. The van der Waals surface area contributed by atoms with Crippen LogP contribution in [0.4, 0.5) is 8.78 Å². The van der Waals surface area contributed by atoms with E-state index in [1.165, 1.54) is 0 Å². The van der Waals surface area contributed by atoms with E-state index in [1.807, 2.05) is 0 Å². The quantitative estimate of drug-likeness (QED) is 0.393. The molecule has 2 N–H and O–H groups in total. The first-order valence-corrected chi connectivity index (χ1v) is 6.60. The van der Waals surface area contributed by atoms with E-state index in [0.29, 0.717) is 25.0 Å². The molecule has 7 heteroatoms. The molecule has 1 rings (SSSR count). The molecule has 0 saturated carbocycles. The molecule has 1 unspecified atom stereocenters. The van der Waals surface area contributed by atoms with Gasteiger partial charge < -0.3 is 20.1 Å². The lowest BCUT2D eigenvalue weighted by Gasteiger charge is -2.12. The van der Waals surface area contributed by atoms with Crippen LogP contribution < -0.4 is 10.6 Å². The molecule has 0 spiro atoms. The lowest BCUT2D eigenvalue weighted by Crippen LogP contribution is -2.40. The molecule has 0 radical (unpaired) electrons. The molecule has 0 bridgehead atoms. The van der Waals surface area contributed by atoms with Crippen molar-refractivity contribution >= 4 is 5.96 Å². The third-order valence-electron chi connectivity index (χ3n) is 2.78. The van der Waals surface area contributed by atoms with E-state index < -0.39 is 13.0 Å². The van der Waals surface area contributed by atoms with Gasteiger partial charge in [-0.2, -0.15) is 0 Å². The summed E-state index contributed by atoms with van der Waals surface area (Å²) in [7, 11) is 1.55. The van der Waals surface area contributed by atoms with E-state index in [1.54, 1.807) is 7.05 Å². The van der Waals surface area contributed by atoms with Gasteiger partial charge in [0.2, 0.25) is 0 Å². The van der Waals surface area contributed by atoms with Gasteiger partial charge in [0.1, 0.15) is 0 Å². The second-order valence-corrected chi connectivity index (χ2v) is 4.43. The highest BCUT2D eigenvalue weighted by molar-refractivity contribution is 5.79. The van der Waals surface area contributed by atoms with Crippen LogP contribution in [0.3, 0.4) is 0 Å². The van der Waals surface area contributed by atoms with Gasteiger partial charge in [0.25, 0.3) is 6.43 Å². The van der Waals surface area contributed by atoms with Crippen LogP contribution in [0.1, 0.15) is 12.8 Å². The first-order chi connectivity index (χ1) is 9.22. The summed E-state index contributed by atoms with van der Waals surface area (Å²) in [5, 5.41) is 5.49. The van der Waals surface area contributed by atoms with Gasteiger partial charge in [0.15, 0.2) is 5.96 Å². The normalized spacial score (nSPS) is 20.0. The number of alkyl halides is 2. The van der Waals surface area contributed by atoms with Gasteiger partial charge in [0, 0.05) is 32.7 Å². The Morgan fingerprint density at radius 1 is 1.47 bits per heavy atom. The molecule has 1 fully saturated rings. The summed E-state index contributed by atoms with van der Waals surface area (Å²) in [6.07, 6.45) is -0.499. The Morgan fingerprint density at radius 2 is 2.32 bits per heavy atom. The van der Waals surface area contributed by atoms with Crippen LogP contribution in [0, 0.1) is 5.92 Å². The number of nitrogens with zero attached hydrogens (tertiary/aromatic N) is 1. The maximum absolute atomic E-state index is 12.0. The minimum Gasteiger partial charge on any atom is -0.381 e. The smallest absolute Gasteiger partial charge is 0.255 e. The largest absolute Gasteiger partial charge is 0.381 e. The molecule has 19 heavy (non-hydrogen) atoms. The Bertz CT molecular complexity index is 259. The Labute approximate surface area is 112 Å². The van der Waals surface area contributed by atoms with Gasteiger partial charge in [-0.25, -0.2) is 8.78 Å². The molecular formula is C12H23F2N3O2. The first-order valence-electron chi connectivity index (χ1n) is 6.60. The third kappa shape index (κ3) is 7.94. The molecule has 0 aliphatic carbocycles. The van der Waals surface area contributed by atoms with Crippen molar-refractivity contribution in [1.29, 1.82) is 0 Å². The van der Waals surface area contributed by atoms with Gasteiger partial charge in [-0.3, -0.25) is 4.99 Å². The minimum atomic E-state index is -2.38. The maximum Gasteiger partial charge on any atom is 0.255 e. The monoisotopic (exact) mass is 279 g/mol. The van der Waals surface area contributed by atoms with Gasteiger partial charge in [-0.1, -0.05) is 0 Å². The van der Waals surface area contributed by atoms with E-state index >= 15 is 0 Å². The summed E-state index contributed by atoms with van der Waals surface area (Å²) < 4.78 is 34.8. The van der Waals surface area contributed by atoms with Crippen LogP contribution in [0.25, 0.3) is 0 Å². The number of ether oxygens (including phenoxy) is 2. The summed E-state index contributed by atoms with van der Waals surface area (Å²) in [4.78, 5) is 3.84. The maximum atomic E-state index is 12.0. The predicted octanol–water partition coefficient (Wildman–Crippen LogP) is 0.860. The fourth-order valence-electron chi connectivity index (χ4n) is 1.74. The average Bonchev–Trinajstić information content (AvgIpc) is 2.90. The van der Waals surface area contributed by atoms with Crippen LogP contribution >= 0.6 is 0 Å². The summed E-state index contributed by atoms with van der Waals surface area (Å²) >= 11 is 0. The molecule has 1 saturated heterocycles. The highest BCUT2D eigenvalue weighted by Crippen LogP contribution is 2.12. The zero-order chi connectivity index (χ0) is 13.9. The number of hydrogen-bond donors (Lipinski definition) is 2. The Balaban J connectivity index is 1.93. The SMILES string of the molecule is CN=C(NCCCOCC1CCOC1)NCC(F)F.